The van der Waals surface area contributed by atoms with Crippen LogP contribution in [-0.4, -0.2) is 23.5 Å². The SMILES string of the molecule is CC1(CNC(=O)c2ccc(/C=C/C(=O)O)c(Cl)c2)CCC1. The summed E-state index contributed by atoms with van der Waals surface area (Å²) >= 11 is 6.06. The van der Waals surface area contributed by atoms with E-state index in [1.807, 2.05) is 0 Å². The van der Waals surface area contributed by atoms with Crippen molar-refractivity contribution in [2.75, 3.05) is 6.54 Å². The van der Waals surface area contributed by atoms with Gasteiger partial charge in [0.2, 0.25) is 0 Å². The van der Waals surface area contributed by atoms with Gasteiger partial charge < -0.3 is 10.4 Å². The van der Waals surface area contributed by atoms with Crippen LogP contribution in [0, 0.1) is 5.41 Å². The molecule has 2 N–H and O–H groups in total. The van der Waals surface area contributed by atoms with Gasteiger partial charge >= 0.3 is 5.97 Å². The van der Waals surface area contributed by atoms with Gasteiger partial charge in [0.25, 0.3) is 5.91 Å². The standard InChI is InChI=1S/C16H18ClNO3/c1-16(7-2-8-16)10-18-15(21)12-4-3-11(13(17)9-12)5-6-14(19)20/h3-6,9H,2,7-8,10H2,1H3,(H,18,21)(H,19,20)/b6-5+. The Bertz CT molecular complexity index is 591. The molecule has 4 nitrogen and oxygen atoms in total. The molecule has 1 amide bonds. The van der Waals surface area contributed by atoms with Crippen molar-refractivity contribution in [3.8, 4) is 0 Å². The van der Waals surface area contributed by atoms with Crippen LogP contribution in [-0.2, 0) is 4.79 Å². The second kappa shape index (κ2) is 6.31. The van der Waals surface area contributed by atoms with Crippen LogP contribution < -0.4 is 5.32 Å². The first kappa shape index (κ1) is 15.6. The molecule has 0 atom stereocenters. The molecule has 1 aromatic carbocycles. The van der Waals surface area contributed by atoms with Gasteiger partial charge in [-0.05, 0) is 42.0 Å². The van der Waals surface area contributed by atoms with Gasteiger partial charge in [0.15, 0.2) is 0 Å². The van der Waals surface area contributed by atoms with E-state index in [1.54, 1.807) is 18.2 Å². The molecule has 21 heavy (non-hydrogen) atoms. The molecule has 0 aliphatic heterocycles. The van der Waals surface area contributed by atoms with Gasteiger partial charge in [-0.25, -0.2) is 4.79 Å². The average Bonchev–Trinajstić information content (AvgIpc) is 2.41. The second-order valence-electron chi connectivity index (χ2n) is 5.75. The molecule has 2 rings (SSSR count). The normalized spacial score (nSPS) is 16.5. The van der Waals surface area contributed by atoms with Crippen LogP contribution in [0.5, 0.6) is 0 Å². The minimum Gasteiger partial charge on any atom is -0.478 e. The largest absolute Gasteiger partial charge is 0.478 e. The molecule has 0 spiro atoms. The van der Waals surface area contributed by atoms with Crippen LogP contribution in [0.1, 0.15) is 42.1 Å². The first-order valence-corrected chi connectivity index (χ1v) is 7.26. The molecule has 0 bridgehead atoms. The number of carboxylic acids is 1. The maximum Gasteiger partial charge on any atom is 0.328 e. The Labute approximate surface area is 128 Å². The molecular formula is C16H18ClNO3. The highest BCUT2D eigenvalue weighted by molar-refractivity contribution is 6.32. The predicted molar refractivity (Wildman–Crippen MR) is 82.4 cm³/mol. The third-order valence-electron chi connectivity index (χ3n) is 3.90. The van der Waals surface area contributed by atoms with Gasteiger partial charge in [-0.3, -0.25) is 4.79 Å². The summed E-state index contributed by atoms with van der Waals surface area (Å²) in [6.45, 7) is 2.84. The Morgan fingerprint density at radius 3 is 2.67 bits per heavy atom. The minimum absolute atomic E-state index is 0.154. The topological polar surface area (TPSA) is 66.4 Å². The highest BCUT2D eigenvalue weighted by Gasteiger charge is 2.31. The number of rotatable bonds is 5. The maximum absolute atomic E-state index is 12.1. The van der Waals surface area contributed by atoms with E-state index in [-0.39, 0.29) is 11.3 Å². The van der Waals surface area contributed by atoms with E-state index >= 15 is 0 Å². The Hall–Kier alpha value is -1.81. The van der Waals surface area contributed by atoms with Crippen molar-refractivity contribution < 1.29 is 14.7 Å². The van der Waals surface area contributed by atoms with Crippen LogP contribution in [0.3, 0.4) is 0 Å². The molecule has 1 aromatic rings. The van der Waals surface area contributed by atoms with Crippen molar-refractivity contribution >= 4 is 29.6 Å². The molecule has 0 aromatic heterocycles. The molecule has 1 aliphatic rings. The minimum atomic E-state index is -1.04. The van der Waals surface area contributed by atoms with Crippen LogP contribution in [0.4, 0.5) is 0 Å². The van der Waals surface area contributed by atoms with Gasteiger partial charge in [0.05, 0.1) is 0 Å². The zero-order chi connectivity index (χ0) is 15.5. The van der Waals surface area contributed by atoms with Crippen molar-refractivity contribution in [1.82, 2.24) is 5.32 Å². The van der Waals surface area contributed by atoms with Gasteiger partial charge in [-0.2, -0.15) is 0 Å². The van der Waals surface area contributed by atoms with Gasteiger partial charge in [-0.1, -0.05) is 31.0 Å². The summed E-state index contributed by atoms with van der Waals surface area (Å²) in [5, 5.41) is 11.9. The molecule has 0 heterocycles. The number of hydrogen-bond donors (Lipinski definition) is 2. The summed E-state index contributed by atoms with van der Waals surface area (Å²) in [4.78, 5) is 22.6. The lowest BCUT2D eigenvalue weighted by Crippen LogP contribution is -2.39. The van der Waals surface area contributed by atoms with Crippen LogP contribution in [0.25, 0.3) is 6.08 Å². The van der Waals surface area contributed by atoms with Gasteiger partial charge in [0.1, 0.15) is 0 Å². The van der Waals surface area contributed by atoms with Gasteiger partial charge in [0, 0.05) is 23.2 Å². The van der Waals surface area contributed by atoms with Gasteiger partial charge in [-0.15, -0.1) is 0 Å². The van der Waals surface area contributed by atoms with Crippen molar-refractivity contribution in [1.29, 1.82) is 0 Å². The molecule has 5 heteroatoms. The summed E-state index contributed by atoms with van der Waals surface area (Å²) < 4.78 is 0. The first-order valence-electron chi connectivity index (χ1n) is 6.88. The van der Waals surface area contributed by atoms with Crippen molar-refractivity contribution in [2.24, 2.45) is 5.41 Å². The van der Waals surface area contributed by atoms with E-state index in [2.05, 4.69) is 12.2 Å². The average molecular weight is 308 g/mol. The maximum atomic E-state index is 12.1. The third kappa shape index (κ3) is 4.08. The highest BCUT2D eigenvalue weighted by Crippen LogP contribution is 2.39. The first-order chi connectivity index (χ1) is 9.89. The lowest BCUT2D eigenvalue weighted by atomic mass is 9.70. The quantitative estimate of drug-likeness (QED) is 0.820. The molecule has 1 fully saturated rings. The number of amides is 1. The summed E-state index contributed by atoms with van der Waals surface area (Å²) in [6, 6.07) is 4.84. The van der Waals surface area contributed by atoms with Crippen molar-refractivity contribution in [3.05, 3.63) is 40.4 Å². The Kier molecular flexibility index (Phi) is 4.68. The Morgan fingerprint density at radius 2 is 2.14 bits per heavy atom. The molecule has 0 unspecified atom stereocenters. The van der Waals surface area contributed by atoms with E-state index in [0.717, 1.165) is 18.9 Å². The molecule has 0 saturated heterocycles. The fraction of sp³-hybridized carbons (Fsp3) is 0.375. The van der Waals surface area contributed by atoms with Crippen LogP contribution >= 0.6 is 11.6 Å². The zero-order valence-electron chi connectivity index (χ0n) is 11.9. The van der Waals surface area contributed by atoms with E-state index in [1.165, 1.54) is 12.5 Å². The number of benzene rings is 1. The lowest BCUT2D eigenvalue weighted by molar-refractivity contribution is -0.131. The Morgan fingerprint density at radius 1 is 1.43 bits per heavy atom. The summed E-state index contributed by atoms with van der Waals surface area (Å²) in [6.07, 6.45) is 5.93. The molecule has 1 saturated carbocycles. The van der Waals surface area contributed by atoms with E-state index < -0.39 is 5.97 Å². The summed E-state index contributed by atoms with van der Waals surface area (Å²) in [7, 11) is 0. The van der Waals surface area contributed by atoms with E-state index in [9.17, 15) is 9.59 Å². The van der Waals surface area contributed by atoms with E-state index in [0.29, 0.717) is 22.7 Å². The number of aliphatic carboxylic acids is 1. The Balaban J connectivity index is 2.01. The highest BCUT2D eigenvalue weighted by atomic mass is 35.5. The number of carbonyl (C=O) groups excluding carboxylic acids is 1. The fourth-order valence-electron chi connectivity index (χ4n) is 2.32. The number of carboxylic acid groups (broad SMARTS) is 1. The molecule has 112 valence electrons. The van der Waals surface area contributed by atoms with Crippen molar-refractivity contribution in [2.45, 2.75) is 26.2 Å². The zero-order valence-corrected chi connectivity index (χ0v) is 12.6. The smallest absolute Gasteiger partial charge is 0.328 e. The number of hydrogen-bond acceptors (Lipinski definition) is 2. The lowest BCUT2D eigenvalue weighted by Gasteiger charge is -2.38. The predicted octanol–water partition coefficient (Wildman–Crippen LogP) is 3.36. The number of nitrogens with one attached hydrogen (secondary N) is 1. The monoisotopic (exact) mass is 307 g/mol. The summed E-state index contributed by atoms with van der Waals surface area (Å²) in [5.74, 6) is -1.19. The summed E-state index contributed by atoms with van der Waals surface area (Å²) in [5.41, 5.74) is 1.28. The third-order valence-corrected chi connectivity index (χ3v) is 4.23. The number of carbonyl (C=O) groups is 2. The number of halogens is 1. The van der Waals surface area contributed by atoms with Crippen LogP contribution in [0.15, 0.2) is 24.3 Å². The van der Waals surface area contributed by atoms with Crippen molar-refractivity contribution in [3.63, 3.8) is 0 Å². The molecule has 1 aliphatic carbocycles. The molecule has 0 radical (unpaired) electrons. The van der Waals surface area contributed by atoms with Crippen LogP contribution in [0.2, 0.25) is 5.02 Å². The second-order valence-corrected chi connectivity index (χ2v) is 6.16. The fourth-order valence-corrected chi connectivity index (χ4v) is 2.56. The van der Waals surface area contributed by atoms with E-state index in [4.69, 9.17) is 16.7 Å². The molecular weight excluding hydrogens is 290 g/mol.